The Morgan fingerprint density at radius 3 is 3.35 bits per heavy atom. The van der Waals surface area contributed by atoms with E-state index in [9.17, 15) is 4.79 Å². The van der Waals surface area contributed by atoms with Crippen molar-refractivity contribution in [3.05, 3.63) is 30.1 Å². The molecule has 1 aliphatic heterocycles. The van der Waals surface area contributed by atoms with Crippen LogP contribution in [0.25, 0.3) is 11.0 Å². The van der Waals surface area contributed by atoms with Crippen molar-refractivity contribution in [2.24, 2.45) is 5.92 Å². The van der Waals surface area contributed by atoms with Crippen LogP contribution in [0.5, 0.6) is 0 Å². The van der Waals surface area contributed by atoms with E-state index in [1.807, 2.05) is 30.2 Å². The molecule has 1 N–H and O–H groups in total. The summed E-state index contributed by atoms with van der Waals surface area (Å²) >= 11 is 0. The molecule has 0 saturated carbocycles. The van der Waals surface area contributed by atoms with Crippen LogP contribution in [0, 0.1) is 5.92 Å². The van der Waals surface area contributed by atoms with Crippen molar-refractivity contribution >= 4 is 16.9 Å². The van der Waals surface area contributed by atoms with Gasteiger partial charge < -0.3 is 14.6 Å². The van der Waals surface area contributed by atoms with Crippen LogP contribution in [0.2, 0.25) is 0 Å². The average Bonchev–Trinajstić information content (AvgIpc) is 3.12. The predicted molar refractivity (Wildman–Crippen MR) is 76.6 cm³/mol. The fourth-order valence-electron chi connectivity index (χ4n) is 2.68. The number of aromatic amines is 1. The molecule has 0 bridgehead atoms. The third-order valence-electron chi connectivity index (χ3n) is 3.78. The van der Waals surface area contributed by atoms with Crippen LogP contribution in [0.3, 0.4) is 0 Å². The quantitative estimate of drug-likeness (QED) is 0.927. The Morgan fingerprint density at radius 1 is 1.60 bits per heavy atom. The van der Waals surface area contributed by atoms with E-state index in [0.29, 0.717) is 11.5 Å². The number of likely N-dealkylation sites (tertiary alicyclic amines) is 1. The lowest BCUT2D eigenvalue weighted by atomic mass is 10.1. The molecule has 2 aromatic heterocycles. The van der Waals surface area contributed by atoms with E-state index in [2.05, 4.69) is 9.97 Å². The first-order valence-corrected chi connectivity index (χ1v) is 7.08. The zero-order valence-corrected chi connectivity index (χ0v) is 11.6. The van der Waals surface area contributed by atoms with Crippen molar-refractivity contribution in [3.63, 3.8) is 0 Å². The van der Waals surface area contributed by atoms with Gasteiger partial charge in [-0.2, -0.15) is 0 Å². The molecule has 106 valence electrons. The lowest BCUT2D eigenvalue weighted by Gasteiger charge is -2.16. The third kappa shape index (κ3) is 2.54. The summed E-state index contributed by atoms with van der Waals surface area (Å²) in [6.07, 6.45) is 4.50. The highest BCUT2D eigenvalue weighted by atomic mass is 16.5. The number of hydrogen-bond donors (Lipinski definition) is 1. The van der Waals surface area contributed by atoms with E-state index in [0.717, 1.165) is 43.8 Å². The van der Waals surface area contributed by atoms with Gasteiger partial charge in [-0.3, -0.25) is 4.79 Å². The lowest BCUT2D eigenvalue weighted by molar-refractivity contribution is 0.0762. The summed E-state index contributed by atoms with van der Waals surface area (Å²) < 4.78 is 5.44. The first kappa shape index (κ1) is 13.1. The maximum Gasteiger partial charge on any atom is 0.255 e. The van der Waals surface area contributed by atoms with Crippen molar-refractivity contribution in [1.29, 1.82) is 0 Å². The van der Waals surface area contributed by atoms with Gasteiger partial charge in [0.1, 0.15) is 5.65 Å². The van der Waals surface area contributed by atoms with E-state index in [1.165, 1.54) is 0 Å². The third-order valence-corrected chi connectivity index (χ3v) is 3.78. The minimum atomic E-state index is 0.0691. The molecule has 5 nitrogen and oxygen atoms in total. The van der Waals surface area contributed by atoms with Gasteiger partial charge in [0, 0.05) is 43.4 Å². The van der Waals surface area contributed by atoms with Gasteiger partial charge in [-0.25, -0.2) is 4.98 Å². The Balaban J connectivity index is 1.69. The monoisotopic (exact) mass is 273 g/mol. The topological polar surface area (TPSA) is 58.2 Å². The second kappa shape index (κ2) is 5.63. The van der Waals surface area contributed by atoms with Crippen LogP contribution in [-0.4, -0.2) is 47.1 Å². The summed E-state index contributed by atoms with van der Waals surface area (Å²) in [7, 11) is 0. The van der Waals surface area contributed by atoms with E-state index in [4.69, 9.17) is 4.74 Å². The van der Waals surface area contributed by atoms with Gasteiger partial charge in [-0.05, 0) is 25.5 Å². The number of rotatable bonds is 4. The van der Waals surface area contributed by atoms with Crippen LogP contribution in [0.15, 0.2) is 24.5 Å². The molecule has 0 radical (unpaired) electrons. The average molecular weight is 273 g/mol. The SMILES string of the molecule is CCOC[C@@H]1CCN(C(=O)c2cnc3[nH]ccc3c2)C1. The molecule has 0 aliphatic carbocycles. The van der Waals surface area contributed by atoms with E-state index < -0.39 is 0 Å². The van der Waals surface area contributed by atoms with Crippen LogP contribution in [-0.2, 0) is 4.74 Å². The standard InChI is InChI=1S/C15H19N3O2/c1-2-20-10-11-4-6-18(9-11)15(19)13-7-12-3-5-16-14(12)17-8-13/h3,5,7-8,11H,2,4,6,9-10H2,1H3,(H,16,17)/t11-/m1/s1. The molecule has 2 aromatic rings. The molecule has 20 heavy (non-hydrogen) atoms. The Bertz CT molecular complexity index is 608. The maximum atomic E-state index is 12.5. The number of amides is 1. The highest BCUT2D eigenvalue weighted by Gasteiger charge is 2.27. The van der Waals surface area contributed by atoms with E-state index >= 15 is 0 Å². The second-order valence-electron chi connectivity index (χ2n) is 5.20. The molecule has 1 aliphatic rings. The normalized spacial score (nSPS) is 18.9. The summed E-state index contributed by atoms with van der Waals surface area (Å²) in [6, 6.07) is 3.83. The van der Waals surface area contributed by atoms with Gasteiger partial charge in [-0.15, -0.1) is 0 Å². The van der Waals surface area contributed by atoms with Crippen LogP contribution < -0.4 is 0 Å². The smallest absolute Gasteiger partial charge is 0.255 e. The molecule has 0 spiro atoms. The molecular weight excluding hydrogens is 254 g/mol. The Kier molecular flexibility index (Phi) is 3.69. The highest BCUT2D eigenvalue weighted by molar-refractivity contribution is 5.97. The van der Waals surface area contributed by atoms with Crippen LogP contribution in [0.4, 0.5) is 0 Å². The number of fused-ring (bicyclic) bond motifs is 1. The van der Waals surface area contributed by atoms with Crippen molar-refractivity contribution in [2.45, 2.75) is 13.3 Å². The first-order chi connectivity index (χ1) is 9.78. The minimum absolute atomic E-state index is 0.0691. The molecule has 1 amide bonds. The number of carbonyl (C=O) groups is 1. The molecule has 5 heteroatoms. The highest BCUT2D eigenvalue weighted by Crippen LogP contribution is 2.20. The summed E-state index contributed by atoms with van der Waals surface area (Å²) in [4.78, 5) is 21.7. The Labute approximate surface area is 117 Å². The molecule has 1 fully saturated rings. The molecule has 0 aromatic carbocycles. The minimum Gasteiger partial charge on any atom is -0.381 e. The summed E-state index contributed by atoms with van der Waals surface area (Å²) in [6.45, 7) is 5.06. The van der Waals surface area contributed by atoms with E-state index in [1.54, 1.807) is 6.20 Å². The molecule has 0 unspecified atom stereocenters. The molecule has 3 rings (SSSR count). The number of aromatic nitrogens is 2. The van der Waals surface area contributed by atoms with Gasteiger partial charge in [0.05, 0.1) is 12.2 Å². The van der Waals surface area contributed by atoms with Crippen molar-refractivity contribution in [2.75, 3.05) is 26.3 Å². The number of H-pyrrole nitrogens is 1. The van der Waals surface area contributed by atoms with Gasteiger partial charge in [0.25, 0.3) is 5.91 Å². The van der Waals surface area contributed by atoms with E-state index in [-0.39, 0.29) is 5.91 Å². The zero-order chi connectivity index (χ0) is 13.9. The summed E-state index contributed by atoms with van der Waals surface area (Å²) in [5.74, 6) is 0.530. The van der Waals surface area contributed by atoms with Crippen molar-refractivity contribution < 1.29 is 9.53 Å². The number of nitrogens with zero attached hydrogens (tertiary/aromatic N) is 2. The Hall–Kier alpha value is -1.88. The summed E-state index contributed by atoms with van der Waals surface area (Å²) in [5.41, 5.74) is 1.48. The zero-order valence-electron chi connectivity index (χ0n) is 11.6. The number of carbonyl (C=O) groups excluding carboxylic acids is 1. The Morgan fingerprint density at radius 2 is 2.50 bits per heavy atom. The molecule has 3 heterocycles. The summed E-state index contributed by atoms with van der Waals surface area (Å²) in [5, 5.41) is 0.973. The number of ether oxygens (including phenoxy) is 1. The van der Waals surface area contributed by atoms with Crippen molar-refractivity contribution in [3.8, 4) is 0 Å². The van der Waals surface area contributed by atoms with Crippen LogP contribution in [0.1, 0.15) is 23.7 Å². The van der Waals surface area contributed by atoms with Gasteiger partial charge >= 0.3 is 0 Å². The molecule has 1 atom stereocenters. The predicted octanol–water partition coefficient (Wildman–Crippen LogP) is 2.06. The molecular formula is C15H19N3O2. The van der Waals surface area contributed by atoms with Crippen molar-refractivity contribution in [1.82, 2.24) is 14.9 Å². The van der Waals surface area contributed by atoms with Gasteiger partial charge in [0.15, 0.2) is 0 Å². The molecule has 1 saturated heterocycles. The number of nitrogens with one attached hydrogen (secondary N) is 1. The first-order valence-electron chi connectivity index (χ1n) is 7.08. The lowest BCUT2D eigenvalue weighted by Crippen LogP contribution is -2.29. The second-order valence-corrected chi connectivity index (χ2v) is 5.20. The van der Waals surface area contributed by atoms with Gasteiger partial charge in [-0.1, -0.05) is 0 Å². The largest absolute Gasteiger partial charge is 0.381 e. The van der Waals surface area contributed by atoms with Gasteiger partial charge in [0.2, 0.25) is 0 Å². The number of pyridine rings is 1. The fraction of sp³-hybridized carbons (Fsp3) is 0.467. The fourth-order valence-corrected chi connectivity index (χ4v) is 2.68. The van der Waals surface area contributed by atoms with Crippen LogP contribution >= 0.6 is 0 Å². The number of hydrogen-bond acceptors (Lipinski definition) is 3. The maximum absolute atomic E-state index is 12.5.